The zero-order valence-electron chi connectivity index (χ0n) is 20.4. The molecular formula is C29H22ClNO6S. The molecule has 1 fully saturated rings. The van der Waals surface area contributed by atoms with Gasteiger partial charge in [-0.25, -0.2) is 0 Å². The first-order valence-electron chi connectivity index (χ1n) is 11.5. The number of carbonyl (C=O) groups excluding carboxylic acids is 2. The van der Waals surface area contributed by atoms with E-state index in [9.17, 15) is 14.7 Å². The van der Waals surface area contributed by atoms with E-state index >= 15 is 0 Å². The number of amides is 1. The van der Waals surface area contributed by atoms with Crippen molar-refractivity contribution >= 4 is 46.1 Å². The highest BCUT2D eigenvalue weighted by Gasteiger charge is 2.47. The van der Waals surface area contributed by atoms with Gasteiger partial charge in [0.2, 0.25) is 0 Å². The number of aliphatic hydroxyl groups excluding tert-OH is 1. The van der Waals surface area contributed by atoms with Crippen molar-refractivity contribution in [2.24, 2.45) is 0 Å². The van der Waals surface area contributed by atoms with Gasteiger partial charge in [-0.15, -0.1) is 11.3 Å². The number of rotatable bonds is 7. The van der Waals surface area contributed by atoms with Crippen molar-refractivity contribution < 1.29 is 28.9 Å². The Morgan fingerprint density at radius 2 is 1.58 bits per heavy atom. The summed E-state index contributed by atoms with van der Waals surface area (Å²) in [5, 5.41) is 13.6. The Bertz CT molecular complexity index is 1520. The number of ether oxygens (including phenoxy) is 3. The summed E-state index contributed by atoms with van der Waals surface area (Å²) in [5.41, 5.74) is 0.593. The Morgan fingerprint density at radius 3 is 2.21 bits per heavy atom. The smallest absolute Gasteiger partial charge is 0.300 e. The SMILES string of the molecule is COc1cc(/C(O)=C2\C(=O)C(=O)N(c3ccc(Oc4ccccc4)cc3)C2c2cccs2)c(OC)cc1Cl. The van der Waals surface area contributed by atoms with Crippen LogP contribution in [0.4, 0.5) is 5.69 Å². The number of methoxy groups -OCH3 is 2. The molecule has 0 bridgehead atoms. The molecule has 1 aliphatic heterocycles. The number of hydrogen-bond donors (Lipinski definition) is 1. The number of carbonyl (C=O) groups is 2. The summed E-state index contributed by atoms with van der Waals surface area (Å²) in [7, 11) is 2.86. The molecule has 1 aliphatic rings. The maximum absolute atomic E-state index is 13.4. The van der Waals surface area contributed by atoms with Gasteiger partial charge in [-0.05, 0) is 53.9 Å². The molecule has 2 heterocycles. The minimum absolute atomic E-state index is 0.0651. The first-order chi connectivity index (χ1) is 18.4. The molecule has 7 nitrogen and oxygen atoms in total. The van der Waals surface area contributed by atoms with Crippen LogP contribution in [-0.4, -0.2) is 31.0 Å². The Balaban J connectivity index is 1.60. The van der Waals surface area contributed by atoms with E-state index < -0.39 is 17.7 Å². The first-order valence-corrected chi connectivity index (χ1v) is 12.8. The summed E-state index contributed by atoms with van der Waals surface area (Å²) in [6.07, 6.45) is 0. The lowest BCUT2D eigenvalue weighted by molar-refractivity contribution is -0.132. The van der Waals surface area contributed by atoms with Gasteiger partial charge in [0.05, 0.1) is 30.4 Å². The van der Waals surface area contributed by atoms with Crippen LogP contribution in [0.15, 0.2) is 89.8 Å². The maximum atomic E-state index is 13.4. The monoisotopic (exact) mass is 547 g/mol. The van der Waals surface area contributed by atoms with Gasteiger partial charge in [-0.1, -0.05) is 35.9 Å². The van der Waals surface area contributed by atoms with E-state index in [1.165, 1.54) is 42.6 Å². The van der Waals surface area contributed by atoms with E-state index in [1.54, 1.807) is 24.3 Å². The molecule has 0 radical (unpaired) electrons. The van der Waals surface area contributed by atoms with Gasteiger partial charge < -0.3 is 19.3 Å². The summed E-state index contributed by atoms with van der Waals surface area (Å²) in [6.45, 7) is 0. The van der Waals surface area contributed by atoms with Gasteiger partial charge in [0.1, 0.15) is 34.8 Å². The van der Waals surface area contributed by atoms with Crippen molar-refractivity contribution in [3.63, 3.8) is 0 Å². The van der Waals surface area contributed by atoms with Crippen molar-refractivity contribution in [2.45, 2.75) is 6.04 Å². The lowest BCUT2D eigenvalue weighted by Crippen LogP contribution is -2.29. The third-order valence-electron chi connectivity index (χ3n) is 6.08. The number of benzene rings is 3. The van der Waals surface area contributed by atoms with Gasteiger partial charge in [-0.3, -0.25) is 14.5 Å². The number of ketones is 1. The molecular weight excluding hydrogens is 526 g/mol. The second kappa shape index (κ2) is 10.6. The van der Waals surface area contributed by atoms with Gasteiger partial charge in [0, 0.05) is 16.6 Å². The Kier molecular flexibility index (Phi) is 7.09. The van der Waals surface area contributed by atoms with Crippen LogP contribution >= 0.6 is 22.9 Å². The molecule has 1 amide bonds. The van der Waals surface area contributed by atoms with Crippen LogP contribution in [-0.2, 0) is 9.59 Å². The highest BCUT2D eigenvalue weighted by molar-refractivity contribution is 7.10. The maximum Gasteiger partial charge on any atom is 0.300 e. The average molecular weight is 548 g/mol. The van der Waals surface area contributed by atoms with Crippen molar-refractivity contribution in [3.05, 3.63) is 105 Å². The summed E-state index contributed by atoms with van der Waals surface area (Å²) in [6, 6.07) is 21.9. The van der Waals surface area contributed by atoms with E-state index in [1.807, 2.05) is 47.8 Å². The predicted octanol–water partition coefficient (Wildman–Crippen LogP) is 6.84. The second-order valence-electron chi connectivity index (χ2n) is 8.28. The number of anilines is 1. The normalized spacial score (nSPS) is 16.5. The van der Waals surface area contributed by atoms with Gasteiger partial charge >= 0.3 is 0 Å². The topological polar surface area (TPSA) is 85.3 Å². The molecule has 1 N–H and O–H groups in total. The third-order valence-corrected chi connectivity index (χ3v) is 7.30. The molecule has 1 saturated heterocycles. The number of hydrogen-bond acceptors (Lipinski definition) is 7. The fourth-order valence-corrected chi connectivity index (χ4v) is 5.36. The Labute approximate surface area is 228 Å². The number of Topliss-reactive ketones (excluding diaryl/α,β-unsaturated/α-hetero) is 1. The van der Waals surface area contributed by atoms with Crippen LogP contribution in [0, 0.1) is 0 Å². The fraction of sp³-hybridized carbons (Fsp3) is 0.103. The van der Waals surface area contributed by atoms with Crippen LogP contribution in [0.25, 0.3) is 5.76 Å². The molecule has 1 unspecified atom stereocenters. The first kappa shape index (κ1) is 25.4. The Hall–Kier alpha value is -4.27. The standard InChI is InChI=1S/C29H22ClNO6S/c1-35-22-16-21(30)23(36-2)15-20(22)27(32)25-26(24-9-6-14-38-24)31(29(34)28(25)33)17-10-12-19(13-11-17)37-18-7-4-3-5-8-18/h3-16,26,32H,1-2H3/b27-25+. The minimum Gasteiger partial charge on any atom is -0.507 e. The fourth-order valence-electron chi connectivity index (χ4n) is 4.30. The van der Waals surface area contributed by atoms with Crippen molar-refractivity contribution in [2.75, 3.05) is 19.1 Å². The van der Waals surface area contributed by atoms with Crippen LogP contribution in [0.1, 0.15) is 16.5 Å². The van der Waals surface area contributed by atoms with Gasteiger partial charge in [0.25, 0.3) is 11.7 Å². The van der Waals surface area contributed by atoms with Crippen LogP contribution in [0.3, 0.4) is 0 Å². The summed E-state index contributed by atoms with van der Waals surface area (Å²) in [4.78, 5) is 28.9. The molecule has 9 heteroatoms. The average Bonchev–Trinajstić information content (AvgIpc) is 3.56. The zero-order valence-corrected chi connectivity index (χ0v) is 22.0. The van der Waals surface area contributed by atoms with E-state index in [2.05, 4.69) is 0 Å². The summed E-state index contributed by atoms with van der Waals surface area (Å²) in [5.74, 6) is -0.214. The number of thiophene rings is 1. The molecule has 0 aliphatic carbocycles. The van der Waals surface area contributed by atoms with E-state index in [0.29, 0.717) is 22.1 Å². The van der Waals surface area contributed by atoms with Crippen molar-refractivity contribution in [1.82, 2.24) is 0 Å². The van der Waals surface area contributed by atoms with E-state index in [0.717, 1.165) is 0 Å². The minimum atomic E-state index is -0.859. The van der Waals surface area contributed by atoms with E-state index in [4.69, 9.17) is 25.8 Å². The van der Waals surface area contributed by atoms with Crippen molar-refractivity contribution in [3.8, 4) is 23.0 Å². The van der Waals surface area contributed by atoms with Gasteiger partial charge in [-0.2, -0.15) is 0 Å². The molecule has 5 rings (SSSR count). The molecule has 1 aromatic heterocycles. The number of nitrogens with zero attached hydrogens (tertiary/aromatic N) is 1. The molecule has 192 valence electrons. The second-order valence-corrected chi connectivity index (χ2v) is 9.67. The molecule has 0 saturated carbocycles. The Morgan fingerprint density at radius 1 is 0.895 bits per heavy atom. The lowest BCUT2D eigenvalue weighted by atomic mass is 9.99. The van der Waals surface area contributed by atoms with Crippen molar-refractivity contribution in [1.29, 1.82) is 0 Å². The predicted molar refractivity (Wildman–Crippen MR) is 147 cm³/mol. The third kappa shape index (κ3) is 4.60. The molecule has 0 spiro atoms. The molecule has 4 aromatic rings. The summed E-state index contributed by atoms with van der Waals surface area (Å²) < 4.78 is 16.6. The number of aliphatic hydroxyl groups is 1. The molecule has 1 atom stereocenters. The van der Waals surface area contributed by atoms with E-state index in [-0.39, 0.29) is 33.4 Å². The number of para-hydroxylation sites is 1. The van der Waals surface area contributed by atoms with Crippen LogP contribution in [0.5, 0.6) is 23.0 Å². The number of halogens is 1. The largest absolute Gasteiger partial charge is 0.507 e. The summed E-state index contributed by atoms with van der Waals surface area (Å²) >= 11 is 7.60. The van der Waals surface area contributed by atoms with Gasteiger partial charge in [0.15, 0.2) is 0 Å². The highest BCUT2D eigenvalue weighted by atomic mass is 35.5. The highest BCUT2D eigenvalue weighted by Crippen LogP contribution is 2.46. The van der Waals surface area contributed by atoms with Crippen LogP contribution < -0.4 is 19.1 Å². The van der Waals surface area contributed by atoms with Crippen LogP contribution in [0.2, 0.25) is 5.02 Å². The lowest BCUT2D eigenvalue weighted by Gasteiger charge is -2.24. The molecule has 3 aromatic carbocycles. The zero-order chi connectivity index (χ0) is 26.8. The molecule has 38 heavy (non-hydrogen) atoms. The quantitative estimate of drug-likeness (QED) is 0.155.